The van der Waals surface area contributed by atoms with Crippen LogP contribution in [0.3, 0.4) is 0 Å². The maximum absolute atomic E-state index is 12.7. The van der Waals surface area contributed by atoms with Crippen LogP contribution < -0.4 is 19.7 Å². The Kier molecular flexibility index (Phi) is 6.65. The van der Waals surface area contributed by atoms with E-state index in [-0.39, 0.29) is 11.9 Å². The fourth-order valence-electron chi connectivity index (χ4n) is 3.40. The SMILES string of the molecule is COc1ccc(NC(=O)[C@H](C)N2CCN(c3ccccc3OC)CC2)cc1Cl. The average Bonchev–Trinajstić information content (AvgIpc) is 2.73. The summed E-state index contributed by atoms with van der Waals surface area (Å²) in [7, 11) is 3.25. The van der Waals surface area contributed by atoms with Gasteiger partial charge in [0.25, 0.3) is 0 Å². The second-order valence-corrected chi connectivity index (χ2v) is 7.12. The molecule has 1 N–H and O–H groups in total. The molecular weight excluding hydrogens is 378 g/mol. The highest BCUT2D eigenvalue weighted by molar-refractivity contribution is 6.32. The third-order valence-corrected chi connectivity index (χ3v) is 5.38. The van der Waals surface area contributed by atoms with Gasteiger partial charge in [-0.2, -0.15) is 0 Å². The van der Waals surface area contributed by atoms with Gasteiger partial charge in [0, 0.05) is 31.9 Å². The molecule has 1 amide bonds. The van der Waals surface area contributed by atoms with Gasteiger partial charge in [-0.15, -0.1) is 0 Å². The van der Waals surface area contributed by atoms with Gasteiger partial charge in [-0.1, -0.05) is 23.7 Å². The molecule has 1 fully saturated rings. The molecule has 0 aromatic heterocycles. The van der Waals surface area contributed by atoms with Crippen molar-refractivity contribution in [2.75, 3.05) is 50.6 Å². The van der Waals surface area contributed by atoms with Gasteiger partial charge in [-0.3, -0.25) is 9.69 Å². The normalized spacial score (nSPS) is 15.8. The minimum atomic E-state index is -0.235. The van der Waals surface area contributed by atoms with Gasteiger partial charge in [-0.05, 0) is 37.3 Å². The van der Waals surface area contributed by atoms with Crippen molar-refractivity contribution in [3.8, 4) is 11.5 Å². The van der Waals surface area contributed by atoms with E-state index in [0.717, 1.165) is 37.6 Å². The van der Waals surface area contributed by atoms with Crippen molar-refractivity contribution in [3.05, 3.63) is 47.5 Å². The van der Waals surface area contributed by atoms with E-state index in [2.05, 4.69) is 21.2 Å². The zero-order chi connectivity index (χ0) is 20.1. The maximum atomic E-state index is 12.7. The van der Waals surface area contributed by atoms with Crippen LogP contribution in [0.4, 0.5) is 11.4 Å². The van der Waals surface area contributed by atoms with Crippen LogP contribution in [-0.2, 0) is 4.79 Å². The molecule has 0 aliphatic carbocycles. The summed E-state index contributed by atoms with van der Waals surface area (Å²) in [6, 6.07) is 13.0. The lowest BCUT2D eigenvalue weighted by atomic mass is 10.2. The number of hydrogen-bond donors (Lipinski definition) is 1. The maximum Gasteiger partial charge on any atom is 0.241 e. The number of halogens is 1. The molecule has 0 unspecified atom stereocenters. The molecule has 6 nitrogen and oxygen atoms in total. The Morgan fingerprint density at radius 3 is 2.36 bits per heavy atom. The number of benzene rings is 2. The zero-order valence-electron chi connectivity index (χ0n) is 16.4. The van der Waals surface area contributed by atoms with Crippen molar-refractivity contribution in [2.45, 2.75) is 13.0 Å². The first-order valence-electron chi connectivity index (χ1n) is 9.30. The van der Waals surface area contributed by atoms with Crippen molar-refractivity contribution in [1.29, 1.82) is 0 Å². The molecule has 1 saturated heterocycles. The van der Waals surface area contributed by atoms with Gasteiger partial charge in [0.1, 0.15) is 11.5 Å². The number of carbonyl (C=O) groups is 1. The number of hydrogen-bond acceptors (Lipinski definition) is 5. The van der Waals surface area contributed by atoms with Crippen LogP contribution in [0.2, 0.25) is 5.02 Å². The highest BCUT2D eigenvalue weighted by Crippen LogP contribution is 2.29. The van der Waals surface area contributed by atoms with Crippen molar-refractivity contribution < 1.29 is 14.3 Å². The standard InChI is InChI=1S/C21H26ClN3O3/c1-15(21(26)23-16-8-9-19(27-2)17(22)14-16)24-10-12-25(13-11-24)18-6-4-5-7-20(18)28-3/h4-9,14-15H,10-13H2,1-3H3,(H,23,26)/t15-/m0/s1. The number of carbonyl (C=O) groups excluding carboxylic acids is 1. The van der Waals surface area contributed by atoms with Crippen LogP contribution in [0.1, 0.15) is 6.92 Å². The van der Waals surface area contributed by atoms with E-state index < -0.39 is 0 Å². The molecule has 150 valence electrons. The Morgan fingerprint density at radius 1 is 1.04 bits per heavy atom. The van der Waals surface area contributed by atoms with Crippen LogP contribution in [0.5, 0.6) is 11.5 Å². The lowest BCUT2D eigenvalue weighted by molar-refractivity contribution is -0.120. The fourth-order valence-corrected chi connectivity index (χ4v) is 3.66. The fraction of sp³-hybridized carbons (Fsp3) is 0.381. The molecule has 0 bridgehead atoms. The van der Waals surface area contributed by atoms with E-state index in [1.165, 1.54) is 0 Å². The molecule has 1 heterocycles. The summed E-state index contributed by atoms with van der Waals surface area (Å²) in [5.41, 5.74) is 1.75. The molecule has 28 heavy (non-hydrogen) atoms. The van der Waals surface area contributed by atoms with Crippen molar-refractivity contribution in [2.24, 2.45) is 0 Å². The monoisotopic (exact) mass is 403 g/mol. The average molecular weight is 404 g/mol. The van der Waals surface area contributed by atoms with Gasteiger partial charge in [0.15, 0.2) is 0 Å². The molecule has 0 saturated carbocycles. The van der Waals surface area contributed by atoms with Gasteiger partial charge >= 0.3 is 0 Å². The Labute approximate surface area is 171 Å². The number of methoxy groups -OCH3 is 2. The third-order valence-electron chi connectivity index (χ3n) is 5.09. The lowest BCUT2D eigenvalue weighted by Gasteiger charge is -2.38. The number of rotatable bonds is 6. The Balaban J connectivity index is 1.58. The van der Waals surface area contributed by atoms with Gasteiger partial charge in [0.2, 0.25) is 5.91 Å². The van der Waals surface area contributed by atoms with Crippen molar-refractivity contribution >= 4 is 28.9 Å². The number of amides is 1. The van der Waals surface area contributed by atoms with Crippen LogP contribution in [0, 0.1) is 0 Å². The van der Waals surface area contributed by atoms with Crippen LogP contribution >= 0.6 is 11.6 Å². The summed E-state index contributed by atoms with van der Waals surface area (Å²) in [5, 5.41) is 3.41. The number of para-hydroxylation sites is 2. The van der Waals surface area contributed by atoms with Gasteiger partial charge in [0.05, 0.1) is 31.0 Å². The zero-order valence-corrected chi connectivity index (χ0v) is 17.2. The van der Waals surface area contributed by atoms with Crippen LogP contribution in [0.25, 0.3) is 0 Å². The number of piperazine rings is 1. The molecular formula is C21H26ClN3O3. The van der Waals surface area contributed by atoms with Gasteiger partial charge in [-0.25, -0.2) is 0 Å². The van der Waals surface area contributed by atoms with Crippen molar-refractivity contribution in [3.63, 3.8) is 0 Å². The smallest absolute Gasteiger partial charge is 0.241 e. The minimum Gasteiger partial charge on any atom is -0.495 e. The predicted molar refractivity (Wildman–Crippen MR) is 113 cm³/mol. The number of ether oxygens (including phenoxy) is 2. The highest BCUT2D eigenvalue weighted by atomic mass is 35.5. The molecule has 0 spiro atoms. The topological polar surface area (TPSA) is 54.0 Å². The second kappa shape index (κ2) is 9.17. The molecule has 1 aliphatic rings. The summed E-state index contributed by atoms with van der Waals surface area (Å²) < 4.78 is 10.6. The predicted octanol–water partition coefficient (Wildman–Crippen LogP) is 3.51. The van der Waals surface area contributed by atoms with Crippen molar-refractivity contribution in [1.82, 2.24) is 4.90 Å². The molecule has 1 aliphatic heterocycles. The first-order chi connectivity index (χ1) is 13.5. The summed E-state index contributed by atoms with van der Waals surface area (Å²) in [6.45, 7) is 5.21. The molecule has 0 radical (unpaired) electrons. The minimum absolute atomic E-state index is 0.0491. The van der Waals surface area contributed by atoms with E-state index >= 15 is 0 Å². The molecule has 2 aromatic rings. The van der Waals surface area contributed by atoms with E-state index in [1.807, 2.05) is 25.1 Å². The van der Waals surface area contributed by atoms with Gasteiger partial charge < -0.3 is 19.7 Å². The van der Waals surface area contributed by atoms with E-state index in [1.54, 1.807) is 32.4 Å². The van der Waals surface area contributed by atoms with E-state index in [0.29, 0.717) is 16.5 Å². The molecule has 2 aromatic carbocycles. The van der Waals surface area contributed by atoms with Crippen LogP contribution in [0.15, 0.2) is 42.5 Å². The molecule has 1 atom stereocenters. The third kappa shape index (κ3) is 4.51. The Hall–Kier alpha value is -2.44. The summed E-state index contributed by atoms with van der Waals surface area (Å²) in [5.74, 6) is 1.41. The Bertz CT molecular complexity index is 822. The summed E-state index contributed by atoms with van der Waals surface area (Å²) in [6.07, 6.45) is 0. The summed E-state index contributed by atoms with van der Waals surface area (Å²) >= 11 is 6.14. The number of anilines is 2. The lowest BCUT2D eigenvalue weighted by Crippen LogP contribution is -2.52. The van der Waals surface area contributed by atoms with E-state index in [4.69, 9.17) is 21.1 Å². The Morgan fingerprint density at radius 2 is 1.71 bits per heavy atom. The first-order valence-corrected chi connectivity index (χ1v) is 9.67. The first kappa shape index (κ1) is 20.3. The largest absolute Gasteiger partial charge is 0.495 e. The summed E-state index contributed by atoms with van der Waals surface area (Å²) in [4.78, 5) is 17.2. The molecule has 3 rings (SSSR count). The highest BCUT2D eigenvalue weighted by Gasteiger charge is 2.26. The second-order valence-electron chi connectivity index (χ2n) is 6.71. The molecule has 7 heteroatoms. The van der Waals surface area contributed by atoms with Crippen LogP contribution in [-0.4, -0.2) is 57.2 Å². The van der Waals surface area contributed by atoms with E-state index in [9.17, 15) is 4.79 Å². The number of nitrogens with zero attached hydrogens (tertiary/aromatic N) is 2. The quantitative estimate of drug-likeness (QED) is 0.799. The number of nitrogens with one attached hydrogen (secondary N) is 1.